The normalized spacial score (nSPS) is 11.5. The molecule has 0 fully saturated rings. The molecule has 0 saturated heterocycles. The molecule has 8 aromatic rings. The zero-order valence-electron chi connectivity index (χ0n) is 36.5. The third-order valence-electron chi connectivity index (χ3n) is 10.6. The summed E-state index contributed by atoms with van der Waals surface area (Å²) in [6.45, 7) is 0. The van der Waals surface area contributed by atoms with E-state index < -0.39 is 84.9 Å². The van der Waals surface area contributed by atoms with Gasteiger partial charge in [0.15, 0.2) is 0 Å². The zero-order valence-corrected chi connectivity index (χ0v) is 53.6. The molecule has 0 aliphatic heterocycles. The van der Waals surface area contributed by atoms with Gasteiger partial charge in [-0.3, -0.25) is 0 Å². The Balaban J connectivity index is 0.000000262. The maximum absolute atomic E-state index is 6.53. The van der Waals surface area contributed by atoms with Crippen molar-refractivity contribution in [2.75, 3.05) is 0 Å². The molecule has 0 amide bonds. The maximum Gasteiger partial charge on any atom is 1.21 e. The standard InChI is InChI=1S/C25H22P.4C6HCl5O.Al/c1-5-13-22(14-6-1)21-26(23-15-7-2-8-16-23,24-17-9-3-10-18-24)25-19-11-4-12-20-25;4*7-1-2(8)4(10)6(12)5(11)3(1)9;/h1-20H,21H2;4*12H;/q+1;;;;;+3/p-4. The van der Waals surface area contributed by atoms with Crippen molar-refractivity contribution in [2.24, 2.45) is 0 Å². The summed E-state index contributed by atoms with van der Waals surface area (Å²) >= 11 is 122. The van der Waals surface area contributed by atoms with E-state index in [0.717, 1.165) is 6.16 Å². The predicted octanol–water partition coefficient (Wildman–Crippen LogP) is 24.0. The number of hydrogen-bond donors (Lipinski definition) is 0. The van der Waals surface area contributed by atoms with Gasteiger partial charge in [-0.2, -0.15) is 0 Å². The van der Waals surface area contributed by atoms with Crippen molar-refractivity contribution < 1.29 is 15.2 Å². The van der Waals surface area contributed by atoms with Gasteiger partial charge < -0.3 is 15.2 Å². The van der Waals surface area contributed by atoms with Crippen LogP contribution in [0.3, 0.4) is 0 Å². The highest BCUT2D eigenvalue weighted by atomic mass is 35.5. The van der Waals surface area contributed by atoms with Gasteiger partial charge >= 0.3 is 14.4 Å². The van der Waals surface area contributed by atoms with Crippen LogP contribution in [0.1, 0.15) is 5.56 Å². The molecule has 0 aliphatic carbocycles. The zero-order chi connectivity index (χ0) is 54.8. The Hall–Kier alpha value is -0.278. The molecular weight excluding hydrogens is 1420 g/mol. The van der Waals surface area contributed by atoms with Gasteiger partial charge in [0.25, 0.3) is 0 Å². The third kappa shape index (κ3) is 13.0. The summed E-state index contributed by atoms with van der Waals surface area (Å²) in [6.07, 6.45) is 1.03. The van der Waals surface area contributed by atoms with Crippen LogP contribution in [0, 0.1) is 0 Å². The van der Waals surface area contributed by atoms with Crippen molar-refractivity contribution in [1.29, 1.82) is 0 Å². The Morgan fingerprint density at radius 3 is 0.613 bits per heavy atom. The molecule has 26 heteroatoms. The second kappa shape index (κ2) is 26.8. The molecule has 0 saturated carbocycles. The van der Waals surface area contributed by atoms with Crippen LogP contribution in [0.25, 0.3) is 0 Å². The van der Waals surface area contributed by atoms with Crippen LogP contribution in [0.2, 0.25) is 100 Å². The number of benzene rings is 8. The van der Waals surface area contributed by atoms with E-state index in [2.05, 4.69) is 121 Å². The van der Waals surface area contributed by atoms with E-state index in [1.54, 1.807) is 0 Å². The maximum atomic E-state index is 6.53. The second-order valence-corrected chi connectivity index (χ2v) is 28.2. The first kappa shape index (κ1) is 62.3. The first-order valence-electron chi connectivity index (χ1n) is 20.5. The summed E-state index contributed by atoms with van der Waals surface area (Å²) in [5.41, 5.74) is 1.39. The van der Waals surface area contributed by atoms with Crippen molar-refractivity contribution >= 4 is 270 Å². The quantitative estimate of drug-likeness (QED) is 0.0499. The van der Waals surface area contributed by atoms with Crippen molar-refractivity contribution in [2.45, 2.75) is 6.16 Å². The molecule has 8 aromatic carbocycles. The van der Waals surface area contributed by atoms with Gasteiger partial charge in [0.05, 0.1) is 130 Å². The van der Waals surface area contributed by atoms with Crippen LogP contribution < -0.4 is 31.1 Å². The van der Waals surface area contributed by atoms with Gasteiger partial charge in [0.2, 0.25) is 0 Å². The fourth-order valence-corrected chi connectivity index (χ4v) is 19.2. The van der Waals surface area contributed by atoms with Crippen LogP contribution in [-0.2, 0) is 6.16 Å². The predicted molar refractivity (Wildman–Crippen MR) is 330 cm³/mol. The molecule has 0 heterocycles. The molecule has 0 bridgehead atoms. The van der Waals surface area contributed by atoms with E-state index in [0.29, 0.717) is 0 Å². The summed E-state index contributed by atoms with van der Waals surface area (Å²) < 4.78 is 25.0. The molecule has 8 rings (SSSR count). The first-order valence-corrected chi connectivity index (χ1v) is 31.9. The van der Waals surface area contributed by atoms with Crippen molar-refractivity contribution in [3.05, 3.63) is 227 Å². The van der Waals surface area contributed by atoms with Gasteiger partial charge in [-0.05, 0) is 42.0 Å². The molecule has 0 aromatic heterocycles. The van der Waals surface area contributed by atoms with E-state index in [-0.39, 0.29) is 60.3 Å². The fourth-order valence-electron chi connectivity index (χ4n) is 7.10. The largest absolute Gasteiger partial charge is 1.21 e. The molecule has 0 unspecified atom stereocenters. The van der Waals surface area contributed by atoms with Gasteiger partial charge in [0.1, 0.15) is 23.2 Å². The average molecular weight is 1440 g/mol. The number of rotatable bonds is 13. The van der Waals surface area contributed by atoms with Crippen LogP contribution in [0.5, 0.6) is 23.0 Å². The molecule has 0 atom stereocenters. The Labute approximate surface area is 534 Å². The van der Waals surface area contributed by atoms with Crippen molar-refractivity contribution in [3.63, 3.8) is 0 Å². The Morgan fingerprint density at radius 1 is 0.240 bits per heavy atom. The highest BCUT2D eigenvalue weighted by Crippen LogP contribution is 2.59. The summed E-state index contributed by atoms with van der Waals surface area (Å²) in [6, 6.07) is 44.0. The SMILES string of the molecule is Clc1c(Cl)c(Cl)c([O][Al-]([O]c2c(Cl)c(Cl)c(Cl)c(Cl)c2Cl)([O]c2c(Cl)c(Cl)c(Cl)c(Cl)c2Cl)[O]c2c(Cl)c(Cl)c(Cl)c(Cl)c2Cl)c(Cl)c1Cl.c1ccc(C[P+](c2ccccc2)(c2ccccc2)c2ccccc2)cc1. The molecular formula is C49H22AlCl20O4P. The molecule has 4 nitrogen and oxygen atoms in total. The second-order valence-electron chi connectivity index (χ2n) is 15.1. The third-order valence-corrected chi connectivity index (χ3v) is 26.0. The van der Waals surface area contributed by atoms with Crippen molar-refractivity contribution in [3.8, 4) is 23.0 Å². The highest BCUT2D eigenvalue weighted by Gasteiger charge is 2.66. The summed E-state index contributed by atoms with van der Waals surface area (Å²) in [5, 5.41) is -3.25. The minimum absolute atomic E-state index is 0.268. The van der Waals surface area contributed by atoms with E-state index in [4.69, 9.17) is 247 Å². The van der Waals surface area contributed by atoms with E-state index in [1.807, 2.05) is 0 Å². The van der Waals surface area contributed by atoms with Gasteiger partial charge in [-0.15, -0.1) is 0 Å². The highest BCUT2D eigenvalue weighted by molar-refractivity contribution is 7.95. The van der Waals surface area contributed by atoms with Crippen LogP contribution in [0.15, 0.2) is 121 Å². The lowest BCUT2D eigenvalue weighted by Gasteiger charge is -2.40. The van der Waals surface area contributed by atoms with Crippen LogP contribution >= 0.6 is 239 Å². The Kier molecular flexibility index (Phi) is 22.2. The molecule has 0 aliphatic rings. The lowest BCUT2D eigenvalue weighted by atomic mass is 10.2. The van der Waals surface area contributed by atoms with E-state index >= 15 is 0 Å². The molecule has 0 radical (unpaired) electrons. The Bertz CT molecular complexity index is 2930. The first-order chi connectivity index (χ1) is 35.5. The van der Waals surface area contributed by atoms with Crippen LogP contribution in [0.4, 0.5) is 0 Å². The smallest absolute Gasteiger partial charge is 0.695 e. The topological polar surface area (TPSA) is 36.9 Å². The fraction of sp³-hybridized carbons (Fsp3) is 0.0204. The lowest BCUT2D eigenvalue weighted by molar-refractivity contribution is 0.161. The van der Waals surface area contributed by atoms with E-state index in [1.165, 1.54) is 21.5 Å². The number of hydrogen-bond acceptors (Lipinski definition) is 4. The Morgan fingerprint density at radius 2 is 0.413 bits per heavy atom. The van der Waals surface area contributed by atoms with Gasteiger partial charge in [0, 0.05) is 0 Å². The summed E-state index contributed by atoms with van der Waals surface area (Å²) in [5.74, 6) is -2.32. The van der Waals surface area contributed by atoms with Crippen molar-refractivity contribution in [1.82, 2.24) is 0 Å². The monoisotopic (exact) mass is 1430 g/mol. The molecule has 75 heavy (non-hydrogen) atoms. The summed E-state index contributed by atoms with van der Waals surface area (Å²) in [4.78, 5) is 0. The average Bonchev–Trinajstić information content (AvgIpc) is 3.43. The minimum atomic E-state index is -6.02. The number of halogens is 20. The van der Waals surface area contributed by atoms with Gasteiger partial charge in [-0.1, -0.05) is 317 Å². The lowest BCUT2D eigenvalue weighted by Crippen LogP contribution is -2.61. The van der Waals surface area contributed by atoms with Crippen LogP contribution in [-0.4, -0.2) is 14.4 Å². The molecule has 0 N–H and O–H groups in total. The van der Waals surface area contributed by atoms with Gasteiger partial charge in [-0.25, -0.2) is 0 Å². The molecule has 0 spiro atoms. The molecule has 390 valence electrons. The van der Waals surface area contributed by atoms with E-state index in [9.17, 15) is 0 Å². The summed E-state index contributed by atoms with van der Waals surface area (Å²) in [7, 11) is -1.78. The minimum Gasteiger partial charge on any atom is -0.695 e.